The molecule has 0 amide bonds. The van der Waals surface area contributed by atoms with Gasteiger partial charge in [0.1, 0.15) is 0 Å². The fourth-order valence-corrected chi connectivity index (χ4v) is 1.32. The Hall–Kier alpha value is -0.410. The number of aliphatic hydroxyl groups is 1. The van der Waals surface area contributed by atoms with Crippen molar-refractivity contribution >= 4 is 11.3 Å². The molecule has 1 N–H and O–H groups in total. The quantitative estimate of drug-likeness (QED) is 0.674. The summed E-state index contributed by atoms with van der Waals surface area (Å²) in [5.74, 6) is 0. The molecule has 1 aromatic rings. The highest BCUT2D eigenvalue weighted by atomic mass is 32.1. The van der Waals surface area contributed by atoms with Crippen molar-refractivity contribution in [3.8, 4) is 0 Å². The predicted molar refractivity (Wildman–Crippen MR) is 37.4 cm³/mol. The molecule has 0 atom stereocenters. The van der Waals surface area contributed by atoms with Gasteiger partial charge in [-0.15, -0.1) is 11.3 Å². The van der Waals surface area contributed by atoms with E-state index in [4.69, 9.17) is 5.11 Å². The molecule has 0 saturated heterocycles. The van der Waals surface area contributed by atoms with Gasteiger partial charge in [0.15, 0.2) is 0 Å². The second-order valence-corrected chi connectivity index (χ2v) is 2.69. The maximum absolute atomic E-state index is 8.59. The van der Waals surface area contributed by atoms with Crippen LogP contribution in [0.25, 0.3) is 0 Å². The third-order valence-corrected chi connectivity index (χ3v) is 2.11. The minimum absolute atomic E-state index is 0.0660. The van der Waals surface area contributed by atoms with Crippen LogP contribution < -0.4 is 0 Å². The van der Waals surface area contributed by atoms with Crippen LogP contribution in [0.5, 0.6) is 0 Å². The van der Waals surface area contributed by atoms with Crippen LogP contribution in [0.1, 0.15) is 17.6 Å². The normalized spacial score (nSPS) is 10.0. The highest BCUT2D eigenvalue weighted by Crippen LogP contribution is 2.09. The molecule has 0 spiro atoms. The monoisotopic (exact) mass is 143 g/mol. The molecule has 3 heteroatoms. The Balaban J connectivity index is 2.74. The Morgan fingerprint density at radius 1 is 1.78 bits per heavy atom. The lowest BCUT2D eigenvalue weighted by molar-refractivity contribution is 0.277. The molecule has 1 heterocycles. The Labute approximate surface area is 58.2 Å². The van der Waals surface area contributed by atoms with Gasteiger partial charge in [0.25, 0.3) is 0 Å². The fourth-order valence-electron chi connectivity index (χ4n) is 0.584. The molecular weight excluding hydrogens is 134 g/mol. The molecule has 1 aromatic heterocycles. The third-order valence-electron chi connectivity index (χ3n) is 1.06. The molecule has 0 aliphatic carbocycles. The number of nitrogens with zero attached hydrogens (tertiary/aromatic N) is 1. The Morgan fingerprint density at radius 3 is 2.89 bits per heavy atom. The molecule has 0 aromatic carbocycles. The van der Waals surface area contributed by atoms with E-state index in [9.17, 15) is 0 Å². The minimum Gasteiger partial charge on any atom is -0.390 e. The van der Waals surface area contributed by atoms with Crippen LogP contribution in [0.15, 0.2) is 5.38 Å². The van der Waals surface area contributed by atoms with Gasteiger partial charge >= 0.3 is 0 Å². The van der Waals surface area contributed by atoms with Crippen molar-refractivity contribution in [1.29, 1.82) is 0 Å². The molecular formula is C6H9NOS. The summed E-state index contributed by atoms with van der Waals surface area (Å²) in [6, 6.07) is 0. The first-order valence-corrected chi connectivity index (χ1v) is 3.79. The molecule has 0 unspecified atom stereocenters. The van der Waals surface area contributed by atoms with Crippen molar-refractivity contribution in [2.24, 2.45) is 0 Å². The van der Waals surface area contributed by atoms with Crippen LogP contribution in [0, 0.1) is 0 Å². The first-order valence-electron chi connectivity index (χ1n) is 2.91. The van der Waals surface area contributed by atoms with E-state index in [0.717, 1.165) is 17.1 Å². The first-order chi connectivity index (χ1) is 4.36. The van der Waals surface area contributed by atoms with Crippen LogP contribution in [0.4, 0.5) is 0 Å². The lowest BCUT2D eigenvalue weighted by Crippen LogP contribution is -1.82. The molecule has 0 aliphatic rings. The van der Waals surface area contributed by atoms with Crippen LogP contribution in [-0.2, 0) is 13.0 Å². The molecule has 0 bridgehead atoms. The summed E-state index contributed by atoms with van der Waals surface area (Å²) in [4.78, 5) is 4.12. The number of hydrogen-bond donors (Lipinski definition) is 1. The first kappa shape index (κ1) is 6.71. The summed E-state index contributed by atoms with van der Waals surface area (Å²) in [5, 5.41) is 11.6. The number of hydrogen-bond acceptors (Lipinski definition) is 3. The van der Waals surface area contributed by atoms with E-state index in [2.05, 4.69) is 11.9 Å². The zero-order chi connectivity index (χ0) is 6.69. The van der Waals surface area contributed by atoms with Gasteiger partial charge in [0.05, 0.1) is 17.3 Å². The molecule has 0 aliphatic heterocycles. The highest BCUT2D eigenvalue weighted by Gasteiger charge is 1.95. The van der Waals surface area contributed by atoms with Gasteiger partial charge in [0.2, 0.25) is 0 Å². The topological polar surface area (TPSA) is 33.1 Å². The minimum atomic E-state index is 0.0660. The zero-order valence-corrected chi connectivity index (χ0v) is 6.11. The average molecular weight is 143 g/mol. The molecule has 50 valence electrons. The molecule has 0 saturated carbocycles. The van der Waals surface area contributed by atoms with E-state index >= 15 is 0 Å². The summed E-state index contributed by atoms with van der Waals surface area (Å²) in [6.07, 6.45) is 0.963. The van der Waals surface area contributed by atoms with Gasteiger partial charge < -0.3 is 5.11 Å². The van der Waals surface area contributed by atoms with E-state index in [1.165, 1.54) is 0 Å². The molecule has 1 rings (SSSR count). The van der Waals surface area contributed by atoms with E-state index in [-0.39, 0.29) is 6.61 Å². The van der Waals surface area contributed by atoms with Crippen molar-refractivity contribution in [1.82, 2.24) is 4.98 Å². The van der Waals surface area contributed by atoms with Crippen molar-refractivity contribution in [2.45, 2.75) is 20.0 Å². The third kappa shape index (κ3) is 1.50. The van der Waals surface area contributed by atoms with E-state index in [0.29, 0.717) is 0 Å². The van der Waals surface area contributed by atoms with Crippen LogP contribution in [-0.4, -0.2) is 10.1 Å². The lowest BCUT2D eigenvalue weighted by atomic mass is 10.5. The Morgan fingerprint density at radius 2 is 2.56 bits per heavy atom. The number of thiazole rings is 1. The van der Waals surface area contributed by atoms with Crippen molar-refractivity contribution in [3.05, 3.63) is 16.1 Å². The van der Waals surface area contributed by atoms with Crippen molar-refractivity contribution < 1.29 is 5.11 Å². The zero-order valence-electron chi connectivity index (χ0n) is 5.29. The van der Waals surface area contributed by atoms with E-state index in [1.807, 2.05) is 5.38 Å². The smallest absolute Gasteiger partial charge is 0.0926 e. The summed E-state index contributed by atoms with van der Waals surface area (Å²) in [7, 11) is 0. The molecule has 2 nitrogen and oxygen atoms in total. The second kappa shape index (κ2) is 2.94. The Bertz CT molecular complexity index is 166. The van der Waals surface area contributed by atoms with Gasteiger partial charge in [-0.1, -0.05) is 6.92 Å². The average Bonchev–Trinajstić information content (AvgIpc) is 2.34. The van der Waals surface area contributed by atoms with Crippen molar-refractivity contribution in [2.75, 3.05) is 0 Å². The van der Waals surface area contributed by atoms with Gasteiger partial charge in [-0.25, -0.2) is 4.98 Å². The maximum Gasteiger partial charge on any atom is 0.0926 e. The van der Waals surface area contributed by atoms with Crippen LogP contribution in [0.2, 0.25) is 0 Å². The van der Waals surface area contributed by atoms with Crippen molar-refractivity contribution in [3.63, 3.8) is 0 Å². The summed E-state index contributed by atoms with van der Waals surface area (Å²) in [5.41, 5.74) is 0.789. The van der Waals surface area contributed by atoms with Gasteiger partial charge in [-0.2, -0.15) is 0 Å². The molecule has 0 fully saturated rings. The number of rotatable bonds is 2. The fraction of sp³-hybridized carbons (Fsp3) is 0.500. The standard InChI is InChI=1S/C6H9NOS/c1-2-6-7-5(3-8)4-9-6/h4,8H,2-3H2,1H3. The van der Waals surface area contributed by atoms with Gasteiger partial charge in [0, 0.05) is 5.38 Å². The van der Waals surface area contributed by atoms with Crippen LogP contribution in [0.3, 0.4) is 0 Å². The SMILES string of the molecule is CCc1nc(CO)cs1. The highest BCUT2D eigenvalue weighted by molar-refractivity contribution is 7.09. The number of aryl methyl sites for hydroxylation is 1. The summed E-state index contributed by atoms with van der Waals surface area (Å²) >= 11 is 1.60. The van der Waals surface area contributed by atoms with Crippen LogP contribution >= 0.6 is 11.3 Å². The molecule has 9 heavy (non-hydrogen) atoms. The number of aliphatic hydroxyl groups excluding tert-OH is 1. The number of aromatic nitrogens is 1. The van der Waals surface area contributed by atoms with Gasteiger partial charge in [-0.05, 0) is 6.42 Å². The Kier molecular flexibility index (Phi) is 2.19. The van der Waals surface area contributed by atoms with Gasteiger partial charge in [-0.3, -0.25) is 0 Å². The van der Waals surface area contributed by atoms with E-state index in [1.54, 1.807) is 11.3 Å². The lowest BCUT2D eigenvalue weighted by Gasteiger charge is -1.82. The second-order valence-electron chi connectivity index (χ2n) is 1.74. The summed E-state index contributed by atoms with van der Waals surface area (Å²) in [6.45, 7) is 2.12. The maximum atomic E-state index is 8.59. The largest absolute Gasteiger partial charge is 0.390 e. The summed E-state index contributed by atoms with van der Waals surface area (Å²) < 4.78 is 0. The predicted octanol–water partition coefficient (Wildman–Crippen LogP) is 1.20. The molecule has 0 radical (unpaired) electrons. The van der Waals surface area contributed by atoms with E-state index < -0.39 is 0 Å².